The van der Waals surface area contributed by atoms with Crippen molar-refractivity contribution in [1.29, 1.82) is 0 Å². The fraction of sp³-hybridized carbons (Fsp3) is 0.545. The van der Waals surface area contributed by atoms with Gasteiger partial charge in [0.05, 0.1) is 18.8 Å². The number of aliphatic hydroxyl groups excluding tert-OH is 1. The highest BCUT2D eigenvalue weighted by Crippen LogP contribution is 2.29. The number of benzene rings is 1. The summed E-state index contributed by atoms with van der Waals surface area (Å²) in [6.45, 7) is 2.93. The first kappa shape index (κ1) is 22.0. The standard InChI is InChI=1S/C22H31ClO4/c1-3-4-5-6-7-11-20-21(27-16-22(20)25-2)13-12-18(24)15-26-19-10-8-9-17(23)14-19/h5-6,8-10,12-14,18,20-22,24H,3-4,7,11,15-16H2,1-2H3/b6-5-,13-12+/t18?,20-,21-,22?/m1/s1. The molecule has 1 heterocycles. The van der Waals surface area contributed by atoms with Crippen molar-refractivity contribution in [3.8, 4) is 5.75 Å². The lowest BCUT2D eigenvalue weighted by Crippen LogP contribution is -2.25. The molecular formula is C22H31ClO4. The van der Waals surface area contributed by atoms with Crippen LogP contribution in [0.25, 0.3) is 0 Å². The predicted molar refractivity (Wildman–Crippen MR) is 109 cm³/mol. The van der Waals surface area contributed by atoms with Crippen LogP contribution in [0.4, 0.5) is 0 Å². The summed E-state index contributed by atoms with van der Waals surface area (Å²) in [7, 11) is 1.73. The van der Waals surface area contributed by atoms with Crippen LogP contribution >= 0.6 is 11.6 Å². The average Bonchev–Trinajstić information content (AvgIpc) is 3.06. The van der Waals surface area contributed by atoms with Gasteiger partial charge in [0.25, 0.3) is 0 Å². The Labute approximate surface area is 167 Å². The van der Waals surface area contributed by atoms with Gasteiger partial charge >= 0.3 is 0 Å². The van der Waals surface area contributed by atoms with Gasteiger partial charge in [-0.15, -0.1) is 0 Å². The maximum absolute atomic E-state index is 10.2. The largest absolute Gasteiger partial charge is 0.491 e. The van der Waals surface area contributed by atoms with E-state index >= 15 is 0 Å². The molecule has 1 aliphatic rings. The first-order chi connectivity index (χ1) is 13.1. The lowest BCUT2D eigenvalue weighted by atomic mass is 9.92. The first-order valence-electron chi connectivity index (χ1n) is 9.68. The molecule has 0 aliphatic carbocycles. The number of methoxy groups -OCH3 is 1. The van der Waals surface area contributed by atoms with Crippen LogP contribution in [0.3, 0.4) is 0 Å². The van der Waals surface area contributed by atoms with Gasteiger partial charge in [-0.05, 0) is 37.5 Å². The van der Waals surface area contributed by atoms with E-state index in [1.165, 1.54) is 6.42 Å². The summed E-state index contributed by atoms with van der Waals surface area (Å²) in [4.78, 5) is 0. The Morgan fingerprint density at radius 1 is 1.33 bits per heavy atom. The number of allylic oxidation sites excluding steroid dienone is 2. The third kappa shape index (κ3) is 7.67. The normalized spacial score (nSPS) is 24.1. The van der Waals surface area contributed by atoms with E-state index in [9.17, 15) is 5.11 Å². The minimum absolute atomic E-state index is 0.0460. The van der Waals surface area contributed by atoms with E-state index in [0.29, 0.717) is 23.3 Å². The van der Waals surface area contributed by atoms with E-state index in [4.69, 9.17) is 25.8 Å². The van der Waals surface area contributed by atoms with Crippen molar-refractivity contribution in [2.75, 3.05) is 20.3 Å². The molecule has 1 aromatic carbocycles. The number of halogens is 1. The summed E-state index contributed by atoms with van der Waals surface area (Å²) in [5.41, 5.74) is 0. The Kier molecular flexibility index (Phi) is 9.92. The molecule has 0 aromatic heterocycles. The molecule has 0 radical (unpaired) electrons. The Bertz CT molecular complexity index is 602. The van der Waals surface area contributed by atoms with E-state index < -0.39 is 6.10 Å². The van der Waals surface area contributed by atoms with Gasteiger partial charge in [0.2, 0.25) is 0 Å². The van der Waals surface area contributed by atoms with E-state index in [2.05, 4.69) is 19.1 Å². The Morgan fingerprint density at radius 3 is 2.89 bits per heavy atom. The van der Waals surface area contributed by atoms with E-state index in [1.54, 1.807) is 25.3 Å². The molecule has 5 heteroatoms. The van der Waals surface area contributed by atoms with Crippen LogP contribution in [-0.4, -0.2) is 43.7 Å². The summed E-state index contributed by atoms with van der Waals surface area (Å²) in [6, 6.07) is 7.14. The SMILES string of the molecule is CCC/C=C\CC[C@H]1C(OC)CO[C@@H]1/C=C/C(O)COc1cccc(Cl)c1. The van der Waals surface area contributed by atoms with Crippen LogP contribution in [0.15, 0.2) is 48.6 Å². The average molecular weight is 395 g/mol. The predicted octanol–water partition coefficient (Wildman–Crippen LogP) is 4.80. The third-order valence-electron chi connectivity index (χ3n) is 4.68. The van der Waals surface area contributed by atoms with Gasteiger partial charge in [0.1, 0.15) is 18.5 Å². The Balaban J connectivity index is 1.83. The molecule has 27 heavy (non-hydrogen) atoms. The van der Waals surface area contributed by atoms with Gasteiger partial charge in [-0.25, -0.2) is 0 Å². The summed E-state index contributed by atoms with van der Waals surface area (Å²) in [5, 5.41) is 10.8. The topological polar surface area (TPSA) is 47.9 Å². The van der Waals surface area contributed by atoms with Crippen molar-refractivity contribution in [1.82, 2.24) is 0 Å². The molecular weight excluding hydrogens is 364 g/mol. The number of hydrogen-bond acceptors (Lipinski definition) is 4. The van der Waals surface area contributed by atoms with Gasteiger partial charge in [0, 0.05) is 18.1 Å². The highest BCUT2D eigenvalue weighted by molar-refractivity contribution is 6.30. The summed E-state index contributed by atoms with van der Waals surface area (Å²) in [6.07, 6.45) is 11.8. The molecule has 4 atom stereocenters. The second-order valence-corrected chi connectivity index (χ2v) is 7.23. The second-order valence-electron chi connectivity index (χ2n) is 6.79. The van der Waals surface area contributed by atoms with Crippen molar-refractivity contribution in [3.63, 3.8) is 0 Å². The summed E-state index contributed by atoms with van der Waals surface area (Å²) in [5.74, 6) is 0.932. The van der Waals surface area contributed by atoms with E-state index in [0.717, 1.165) is 19.3 Å². The molecule has 150 valence electrons. The fourth-order valence-corrected chi connectivity index (χ4v) is 3.36. The van der Waals surface area contributed by atoms with Crippen LogP contribution in [0.5, 0.6) is 5.75 Å². The van der Waals surface area contributed by atoms with E-state index in [-0.39, 0.29) is 18.8 Å². The van der Waals surface area contributed by atoms with Crippen molar-refractivity contribution >= 4 is 11.6 Å². The maximum Gasteiger partial charge on any atom is 0.120 e. The lowest BCUT2D eigenvalue weighted by Gasteiger charge is -2.19. The summed E-state index contributed by atoms with van der Waals surface area (Å²) >= 11 is 5.93. The second kappa shape index (κ2) is 12.2. The smallest absolute Gasteiger partial charge is 0.120 e. The van der Waals surface area contributed by atoms with Gasteiger partial charge < -0.3 is 19.3 Å². The molecule has 4 nitrogen and oxygen atoms in total. The molecule has 1 saturated heterocycles. The van der Waals surface area contributed by atoms with Crippen LogP contribution in [0, 0.1) is 5.92 Å². The first-order valence-corrected chi connectivity index (χ1v) is 10.1. The van der Waals surface area contributed by atoms with Crippen LogP contribution in [0.2, 0.25) is 5.02 Å². The zero-order valence-electron chi connectivity index (χ0n) is 16.2. The number of rotatable bonds is 11. The number of aliphatic hydroxyl groups is 1. The van der Waals surface area contributed by atoms with Gasteiger partial charge in [-0.1, -0.05) is 55.3 Å². The summed E-state index contributed by atoms with van der Waals surface area (Å²) < 4.78 is 17.0. The van der Waals surface area contributed by atoms with Crippen LogP contribution < -0.4 is 4.74 Å². The molecule has 1 aromatic rings. The molecule has 1 N–H and O–H groups in total. The fourth-order valence-electron chi connectivity index (χ4n) is 3.18. The zero-order valence-corrected chi connectivity index (χ0v) is 17.0. The van der Waals surface area contributed by atoms with Gasteiger partial charge in [-0.2, -0.15) is 0 Å². The Hall–Kier alpha value is -1.33. The number of hydrogen-bond donors (Lipinski definition) is 1. The zero-order chi connectivity index (χ0) is 19.5. The van der Waals surface area contributed by atoms with Crippen molar-refractivity contribution in [2.45, 2.75) is 50.9 Å². The molecule has 0 saturated carbocycles. The number of unbranched alkanes of at least 4 members (excludes halogenated alkanes) is 1. The molecule has 0 spiro atoms. The third-order valence-corrected chi connectivity index (χ3v) is 4.92. The molecule has 2 rings (SSSR count). The minimum atomic E-state index is -0.709. The number of ether oxygens (including phenoxy) is 3. The molecule has 2 unspecified atom stereocenters. The lowest BCUT2D eigenvalue weighted by molar-refractivity contribution is 0.0646. The molecule has 0 amide bonds. The Morgan fingerprint density at radius 2 is 2.15 bits per heavy atom. The highest BCUT2D eigenvalue weighted by atomic mass is 35.5. The van der Waals surface area contributed by atoms with Crippen molar-refractivity contribution in [2.24, 2.45) is 5.92 Å². The monoisotopic (exact) mass is 394 g/mol. The van der Waals surface area contributed by atoms with Crippen molar-refractivity contribution in [3.05, 3.63) is 53.6 Å². The molecule has 1 aliphatic heterocycles. The van der Waals surface area contributed by atoms with Crippen molar-refractivity contribution < 1.29 is 19.3 Å². The van der Waals surface area contributed by atoms with Gasteiger partial charge in [-0.3, -0.25) is 0 Å². The minimum Gasteiger partial charge on any atom is -0.491 e. The quantitative estimate of drug-likeness (QED) is 0.547. The highest BCUT2D eigenvalue weighted by Gasteiger charge is 2.35. The van der Waals surface area contributed by atoms with Gasteiger partial charge in [0.15, 0.2) is 0 Å². The molecule has 0 bridgehead atoms. The van der Waals surface area contributed by atoms with Crippen LogP contribution in [-0.2, 0) is 9.47 Å². The van der Waals surface area contributed by atoms with Crippen LogP contribution in [0.1, 0.15) is 32.6 Å². The maximum atomic E-state index is 10.2. The molecule has 1 fully saturated rings. The van der Waals surface area contributed by atoms with E-state index in [1.807, 2.05) is 18.2 Å².